The molecule has 106 valence electrons. The van der Waals surface area contributed by atoms with Crippen LogP contribution in [0.2, 0.25) is 5.15 Å². The number of rotatable bonds is 2. The van der Waals surface area contributed by atoms with E-state index in [1.165, 1.54) is 6.07 Å². The summed E-state index contributed by atoms with van der Waals surface area (Å²) in [4.78, 5) is 20.2. The molecule has 21 heavy (non-hydrogen) atoms. The Morgan fingerprint density at radius 2 is 2.05 bits per heavy atom. The minimum Gasteiger partial charge on any atom is -0.297 e. The second-order valence-electron chi connectivity index (χ2n) is 4.69. The molecule has 0 radical (unpaired) electrons. The average molecular weight is 301 g/mol. The van der Waals surface area contributed by atoms with E-state index in [0.29, 0.717) is 5.15 Å². The first kappa shape index (κ1) is 13.6. The van der Waals surface area contributed by atoms with E-state index >= 15 is 0 Å². The minimum atomic E-state index is -0.0610. The summed E-state index contributed by atoms with van der Waals surface area (Å²) in [5.41, 5.74) is 1.61. The van der Waals surface area contributed by atoms with Gasteiger partial charge in [-0.1, -0.05) is 17.7 Å². The number of pyridine rings is 2. The Morgan fingerprint density at radius 3 is 2.81 bits per heavy atom. The molecule has 3 rings (SSSR count). The Kier molecular flexibility index (Phi) is 3.35. The van der Waals surface area contributed by atoms with E-state index in [4.69, 9.17) is 11.6 Å². The van der Waals surface area contributed by atoms with E-state index in [2.05, 4.69) is 9.97 Å². The van der Waals surface area contributed by atoms with Crippen molar-refractivity contribution < 1.29 is 0 Å². The third-order valence-corrected chi connectivity index (χ3v) is 3.52. The van der Waals surface area contributed by atoms with Crippen LogP contribution in [0.5, 0.6) is 0 Å². The zero-order valence-electron chi connectivity index (χ0n) is 11.6. The van der Waals surface area contributed by atoms with Crippen LogP contribution in [0.15, 0.2) is 47.5 Å². The maximum absolute atomic E-state index is 11.7. The normalized spacial score (nSPS) is 10.8. The van der Waals surface area contributed by atoms with Crippen molar-refractivity contribution in [2.24, 2.45) is 7.05 Å². The van der Waals surface area contributed by atoms with Gasteiger partial charge in [0.15, 0.2) is 0 Å². The number of hydrogen-bond acceptors (Lipinski definition) is 3. The Balaban J connectivity index is 2.14. The number of halogens is 1. The number of imidazole rings is 1. The summed E-state index contributed by atoms with van der Waals surface area (Å²) in [6, 6.07) is 8.75. The largest absolute Gasteiger partial charge is 0.297 e. The molecule has 0 N–H and O–H groups in total. The maximum atomic E-state index is 11.7. The molecule has 6 heteroatoms. The summed E-state index contributed by atoms with van der Waals surface area (Å²) >= 11 is 5.91. The molecule has 0 saturated heterocycles. The van der Waals surface area contributed by atoms with Crippen molar-refractivity contribution >= 4 is 11.6 Å². The summed E-state index contributed by atoms with van der Waals surface area (Å²) in [6.07, 6.45) is 3.53. The first-order valence-electron chi connectivity index (χ1n) is 6.40. The highest BCUT2D eigenvalue weighted by molar-refractivity contribution is 6.29. The van der Waals surface area contributed by atoms with Gasteiger partial charge in [-0.2, -0.15) is 0 Å². The van der Waals surface area contributed by atoms with Crippen LogP contribution < -0.4 is 5.56 Å². The lowest BCUT2D eigenvalue weighted by Crippen LogP contribution is -2.19. The van der Waals surface area contributed by atoms with Crippen molar-refractivity contribution in [2.45, 2.75) is 6.92 Å². The fourth-order valence-electron chi connectivity index (χ4n) is 2.20. The Morgan fingerprint density at radius 1 is 1.24 bits per heavy atom. The van der Waals surface area contributed by atoms with Crippen LogP contribution in [0, 0.1) is 6.92 Å². The van der Waals surface area contributed by atoms with Crippen molar-refractivity contribution in [3.63, 3.8) is 0 Å². The van der Waals surface area contributed by atoms with Crippen molar-refractivity contribution in [1.29, 1.82) is 0 Å². The van der Waals surface area contributed by atoms with Gasteiger partial charge in [0.2, 0.25) is 0 Å². The molecule has 0 aliphatic heterocycles. The molecule has 0 aliphatic rings. The first-order valence-corrected chi connectivity index (χ1v) is 6.78. The third kappa shape index (κ3) is 2.48. The monoisotopic (exact) mass is 300 g/mol. The van der Waals surface area contributed by atoms with E-state index in [0.717, 1.165) is 22.9 Å². The van der Waals surface area contributed by atoms with Gasteiger partial charge in [-0.05, 0) is 25.1 Å². The van der Waals surface area contributed by atoms with E-state index < -0.39 is 0 Å². The van der Waals surface area contributed by atoms with Crippen molar-refractivity contribution in [3.8, 4) is 17.1 Å². The Hall–Kier alpha value is -2.40. The zero-order valence-corrected chi connectivity index (χ0v) is 12.4. The van der Waals surface area contributed by atoms with Crippen LogP contribution >= 0.6 is 11.6 Å². The van der Waals surface area contributed by atoms with Crippen LogP contribution in [0.25, 0.3) is 17.1 Å². The number of hydrogen-bond donors (Lipinski definition) is 0. The van der Waals surface area contributed by atoms with E-state index in [9.17, 15) is 4.79 Å². The molecule has 3 heterocycles. The summed E-state index contributed by atoms with van der Waals surface area (Å²) < 4.78 is 3.46. The van der Waals surface area contributed by atoms with Gasteiger partial charge < -0.3 is 0 Å². The molecule has 5 nitrogen and oxygen atoms in total. The number of aryl methyl sites for hydroxylation is 1. The Labute approximate surface area is 126 Å². The number of aromatic nitrogens is 4. The van der Waals surface area contributed by atoms with Crippen LogP contribution in [-0.4, -0.2) is 19.1 Å². The number of nitrogens with zero attached hydrogens (tertiary/aromatic N) is 4. The predicted octanol–water partition coefficient (Wildman–Crippen LogP) is 2.59. The van der Waals surface area contributed by atoms with Gasteiger partial charge in [0.25, 0.3) is 5.56 Å². The van der Waals surface area contributed by atoms with E-state index in [-0.39, 0.29) is 5.56 Å². The third-order valence-electron chi connectivity index (χ3n) is 3.31. The molecule has 3 aromatic heterocycles. The summed E-state index contributed by atoms with van der Waals surface area (Å²) in [5, 5.41) is 0.423. The molecule has 0 saturated carbocycles. The fourth-order valence-corrected chi connectivity index (χ4v) is 2.37. The minimum absolute atomic E-state index is 0.0610. The quantitative estimate of drug-likeness (QED) is 0.684. The SMILES string of the molecule is Cc1nc(-c2ccnc(Cl)c2)cn1-c1cccc(=O)n1C. The van der Waals surface area contributed by atoms with Gasteiger partial charge in [-0.15, -0.1) is 0 Å². The van der Waals surface area contributed by atoms with Gasteiger partial charge in [0.05, 0.1) is 5.69 Å². The molecule has 3 aromatic rings. The lowest BCUT2D eigenvalue weighted by molar-refractivity contribution is 0.779. The van der Waals surface area contributed by atoms with Gasteiger partial charge >= 0.3 is 0 Å². The molecule has 0 atom stereocenters. The topological polar surface area (TPSA) is 52.7 Å². The molecule has 0 fully saturated rings. The van der Waals surface area contributed by atoms with Crippen molar-refractivity contribution in [2.75, 3.05) is 0 Å². The van der Waals surface area contributed by atoms with Crippen LogP contribution in [-0.2, 0) is 7.05 Å². The van der Waals surface area contributed by atoms with Gasteiger partial charge in [-0.25, -0.2) is 9.97 Å². The smallest absolute Gasteiger partial charge is 0.251 e. The molecule has 0 aliphatic carbocycles. The summed E-state index contributed by atoms with van der Waals surface area (Å²) in [5.74, 6) is 1.55. The average Bonchev–Trinajstić information content (AvgIpc) is 2.84. The molecule has 0 spiro atoms. The highest BCUT2D eigenvalue weighted by Crippen LogP contribution is 2.22. The molecular formula is C15H13ClN4O. The Bertz CT molecular complexity index is 866. The molecular weight excluding hydrogens is 288 g/mol. The predicted molar refractivity (Wildman–Crippen MR) is 81.8 cm³/mol. The maximum Gasteiger partial charge on any atom is 0.251 e. The second-order valence-corrected chi connectivity index (χ2v) is 5.08. The highest BCUT2D eigenvalue weighted by Gasteiger charge is 2.10. The van der Waals surface area contributed by atoms with Gasteiger partial charge in [-0.3, -0.25) is 13.9 Å². The lowest BCUT2D eigenvalue weighted by atomic mass is 10.2. The molecule has 0 amide bonds. The molecule has 0 unspecified atom stereocenters. The second kappa shape index (κ2) is 5.18. The molecule has 0 bridgehead atoms. The molecule has 0 aromatic carbocycles. The highest BCUT2D eigenvalue weighted by atomic mass is 35.5. The standard InChI is InChI=1S/C15H13ClN4O/c1-10-18-12(11-6-7-17-13(16)8-11)9-20(10)14-4-3-5-15(21)19(14)2/h3-9H,1-2H3. The van der Waals surface area contributed by atoms with Crippen molar-refractivity contribution in [3.05, 3.63) is 64.1 Å². The summed E-state index contributed by atoms with van der Waals surface area (Å²) in [7, 11) is 1.74. The lowest BCUT2D eigenvalue weighted by Gasteiger charge is -2.09. The summed E-state index contributed by atoms with van der Waals surface area (Å²) in [6.45, 7) is 1.89. The zero-order chi connectivity index (χ0) is 15.0. The fraction of sp³-hybridized carbons (Fsp3) is 0.133. The first-order chi connectivity index (χ1) is 10.1. The van der Waals surface area contributed by atoms with Crippen LogP contribution in [0.1, 0.15) is 5.82 Å². The van der Waals surface area contributed by atoms with Gasteiger partial charge in [0.1, 0.15) is 16.8 Å². The van der Waals surface area contributed by atoms with Crippen molar-refractivity contribution in [1.82, 2.24) is 19.1 Å². The van der Waals surface area contributed by atoms with E-state index in [1.807, 2.05) is 29.8 Å². The van der Waals surface area contributed by atoms with E-state index in [1.54, 1.807) is 29.9 Å². The van der Waals surface area contributed by atoms with Crippen LogP contribution in [0.4, 0.5) is 0 Å². The van der Waals surface area contributed by atoms with Gasteiger partial charge in [0, 0.05) is 31.1 Å². The van der Waals surface area contributed by atoms with Crippen LogP contribution in [0.3, 0.4) is 0 Å².